The molecular weight excluding hydrogens is 388 g/mol. The van der Waals surface area contributed by atoms with Gasteiger partial charge in [0.2, 0.25) is 0 Å². The molecule has 164 valence electrons. The standard InChI is InChI=1S/C21H42O5Si2/c1-20(2,3)27(8,9)25-15-13-12-14(16-18(15)24-16)17(19(22)23-7)26-28(10,11)21(4,5)6/h14-18H,12-13H2,1-11H3/t14-,15+,16-,17-,18+/m1/s1. The number of ether oxygens (including phenoxy) is 2. The number of rotatable bonds is 6. The Morgan fingerprint density at radius 1 is 0.929 bits per heavy atom. The van der Waals surface area contributed by atoms with Crippen LogP contribution in [0.1, 0.15) is 54.4 Å². The van der Waals surface area contributed by atoms with Crippen molar-refractivity contribution < 1.29 is 23.1 Å². The summed E-state index contributed by atoms with van der Waals surface area (Å²) in [5.74, 6) is -0.223. The second-order valence-corrected chi connectivity index (χ2v) is 21.1. The average Bonchev–Trinajstić information content (AvgIpc) is 3.31. The fraction of sp³-hybridized carbons (Fsp3) is 0.952. The van der Waals surface area contributed by atoms with E-state index in [2.05, 4.69) is 67.7 Å². The molecule has 0 N–H and O–H groups in total. The monoisotopic (exact) mass is 430 g/mol. The van der Waals surface area contributed by atoms with Crippen molar-refractivity contribution in [3.63, 3.8) is 0 Å². The number of methoxy groups -OCH3 is 1. The van der Waals surface area contributed by atoms with E-state index in [9.17, 15) is 4.79 Å². The molecule has 2 rings (SSSR count). The van der Waals surface area contributed by atoms with Gasteiger partial charge < -0.3 is 18.3 Å². The van der Waals surface area contributed by atoms with Gasteiger partial charge in [-0.3, -0.25) is 0 Å². The molecule has 28 heavy (non-hydrogen) atoms. The first-order chi connectivity index (χ1) is 12.5. The summed E-state index contributed by atoms with van der Waals surface area (Å²) in [6.07, 6.45) is 1.49. The van der Waals surface area contributed by atoms with E-state index in [1.54, 1.807) is 0 Å². The zero-order valence-corrected chi connectivity index (χ0v) is 21.8. The molecule has 0 aromatic rings. The number of hydrogen-bond donors (Lipinski definition) is 0. The quantitative estimate of drug-likeness (QED) is 0.333. The first-order valence-electron chi connectivity index (χ1n) is 10.6. The summed E-state index contributed by atoms with van der Waals surface area (Å²) in [6.45, 7) is 22.3. The van der Waals surface area contributed by atoms with E-state index in [1.807, 2.05) is 0 Å². The molecule has 5 nitrogen and oxygen atoms in total. The highest BCUT2D eigenvalue weighted by atomic mass is 28.4. The smallest absolute Gasteiger partial charge is 0.334 e. The Morgan fingerprint density at radius 3 is 1.93 bits per heavy atom. The summed E-state index contributed by atoms with van der Waals surface area (Å²) in [6, 6.07) is 0. The molecule has 0 aromatic carbocycles. The highest BCUT2D eigenvalue weighted by Crippen LogP contribution is 2.48. The number of epoxide rings is 1. The molecule has 0 unspecified atom stereocenters. The van der Waals surface area contributed by atoms with Crippen molar-refractivity contribution in [1.82, 2.24) is 0 Å². The Morgan fingerprint density at radius 2 is 1.46 bits per heavy atom. The van der Waals surface area contributed by atoms with Crippen LogP contribution in [0.15, 0.2) is 0 Å². The molecule has 0 amide bonds. The summed E-state index contributed by atoms with van der Waals surface area (Å²) >= 11 is 0. The van der Waals surface area contributed by atoms with Crippen LogP contribution in [0.2, 0.25) is 36.3 Å². The lowest BCUT2D eigenvalue weighted by molar-refractivity contribution is -0.153. The highest BCUT2D eigenvalue weighted by molar-refractivity contribution is 6.74. The third-order valence-corrected chi connectivity index (χ3v) is 16.4. The van der Waals surface area contributed by atoms with Gasteiger partial charge in [-0.05, 0) is 49.1 Å². The Bertz CT molecular complexity index is 576. The molecule has 1 saturated carbocycles. The van der Waals surface area contributed by atoms with Crippen molar-refractivity contribution in [3.05, 3.63) is 0 Å². The van der Waals surface area contributed by atoms with Crippen molar-refractivity contribution in [1.29, 1.82) is 0 Å². The first kappa shape index (κ1) is 24.1. The molecule has 5 atom stereocenters. The molecule has 1 aliphatic carbocycles. The maximum absolute atomic E-state index is 12.6. The van der Waals surface area contributed by atoms with Crippen molar-refractivity contribution in [3.8, 4) is 0 Å². The molecule has 2 fully saturated rings. The van der Waals surface area contributed by atoms with Gasteiger partial charge in [0.05, 0.1) is 19.3 Å². The van der Waals surface area contributed by atoms with Gasteiger partial charge in [0, 0.05) is 5.92 Å². The van der Waals surface area contributed by atoms with Crippen molar-refractivity contribution in [2.45, 2.75) is 115 Å². The zero-order valence-electron chi connectivity index (χ0n) is 19.8. The Kier molecular flexibility index (Phi) is 6.70. The maximum atomic E-state index is 12.6. The topological polar surface area (TPSA) is 57.3 Å². The van der Waals surface area contributed by atoms with Gasteiger partial charge in [0.15, 0.2) is 16.6 Å². The fourth-order valence-corrected chi connectivity index (χ4v) is 6.01. The van der Waals surface area contributed by atoms with Crippen LogP contribution in [0, 0.1) is 5.92 Å². The Labute approximate surface area is 174 Å². The highest BCUT2D eigenvalue weighted by Gasteiger charge is 2.59. The van der Waals surface area contributed by atoms with E-state index < -0.39 is 22.7 Å². The summed E-state index contributed by atoms with van der Waals surface area (Å²) in [5.41, 5.74) is 0. The molecule has 7 heteroatoms. The molecule has 0 bridgehead atoms. The largest absolute Gasteiger partial charge is 0.467 e. The van der Waals surface area contributed by atoms with Crippen LogP contribution in [-0.2, 0) is 23.1 Å². The number of esters is 1. The van der Waals surface area contributed by atoms with Crippen LogP contribution >= 0.6 is 0 Å². The van der Waals surface area contributed by atoms with E-state index >= 15 is 0 Å². The second kappa shape index (κ2) is 7.80. The van der Waals surface area contributed by atoms with Gasteiger partial charge in [-0.25, -0.2) is 4.79 Å². The van der Waals surface area contributed by atoms with Gasteiger partial charge in [0.1, 0.15) is 12.2 Å². The van der Waals surface area contributed by atoms with Crippen molar-refractivity contribution in [2.75, 3.05) is 7.11 Å². The molecule has 0 spiro atoms. The van der Waals surface area contributed by atoms with Crippen LogP contribution in [0.5, 0.6) is 0 Å². The summed E-state index contributed by atoms with van der Waals surface area (Å²) in [5, 5.41) is 0.208. The summed E-state index contributed by atoms with van der Waals surface area (Å²) in [4.78, 5) is 12.6. The number of carbonyl (C=O) groups excluding carboxylic acids is 1. The van der Waals surface area contributed by atoms with E-state index in [0.717, 1.165) is 12.8 Å². The molecule has 0 aromatic heterocycles. The van der Waals surface area contributed by atoms with Gasteiger partial charge in [-0.15, -0.1) is 0 Å². The Hall–Kier alpha value is -0.216. The summed E-state index contributed by atoms with van der Waals surface area (Å²) < 4.78 is 24.4. The number of carbonyl (C=O) groups is 1. The van der Waals surface area contributed by atoms with Crippen LogP contribution in [0.4, 0.5) is 0 Å². The number of hydrogen-bond acceptors (Lipinski definition) is 5. The fourth-order valence-electron chi connectivity index (χ4n) is 3.39. The molecule has 1 aliphatic heterocycles. The number of fused-ring (bicyclic) bond motifs is 1. The average molecular weight is 431 g/mol. The van der Waals surface area contributed by atoms with E-state index in [4.69, 9.17) is 18.3 Å². The van der Waals surface area contributed by atoms with Gasteiger partial charge in [-0.2, -0.15) is 0 Å². The van der Waals surface area contributed by atoms with E-state index in [1.165, 1.54) is 7.11 Å². The minimum absolute atomic E-state index is 0.0335. The minimum atomic E-state index is -2.10. The Balaban J connectivity index is 2.11. The molecule has 2 aliphatic rings. The van der Waals surface area contributed by atoms with E-state index in [0.29, 0.717) is 0 Å². The lowest BCUT2D eigenvalue weighted by atomic mass is 9.84. The lowest BCUT2D eigenvalue weighted by Crippen LogP contribution is -2.52. The second-order valence-electron chi connectivity index (χ2n) is 11.5. The maximum Gasteiger partial charge on any atom is 0.334 e. The van der Waals surface area contributed by atoms with Gasteiger partial charge >= 0.3 is 5.97 Å². The molecule has 0 radical (unpaired) electrons. The minimum Gasteiger partial charge on any atom is -0.467 e. The third-order valence-electron chi connectivity index (χ3n) is 7.44. The van der Waals surface area contributed by atoms with Crippen molar-refractivity contribution in [2.24, 2.45) is 5.92 Å². The van der Waals surface area contributed by atoms with Crippen LogP contribution in [-0.4, -0.2) is 54.1 Å². The third kappa shape index (κ3) is 4.91. The lowest BCUT2D eigenvalue weighted by Gasteiger charge is -2.42. The van der Waals surface area contributed by atoms with Crippen LogP contribution < -0.4 is 0 Å². The molecule has 1 saturated heterocycles. The first-order valence-corrected chi connectivity index (χ1v) is 16.4. The zero-order chi connectivity index (χ0) is 21.7. The normalized spacial score (nSPS) is 29.8. The predicted octanol–water partition coefficient (Wildman–Crippen LogP) is 5.12. The van der Waals surface area contributed by atoms with E-state index in [-0.39, 0.29) is 40.3 Å². The van der Waals surface area contributed by atoms with Crippen molar-refractivity contribution >= 4 is 22.6 Å². The van der Waals surface area contributed by atoms with Gasteiger partial charge in [-0.1, -0.05) is 41.5 Å². The summed E-state index contributed by atoms with van der Waals surface area (Å²) in [7, 11) is -2.50. The molecule has 1 heterocycles. The van der Waals surface area contributed by atoms with Crippen LogP contribution in [0.25, 0.3) is 0 Å². The SMILES string of the molecule is COC(=O)[C@H](O[Si](C)(C)C(C)(C)C)[C@@H]1CC[C@H](O[Si](C)(C)C(C)(C)C)[C@@H]2O[C@H]12. The van der Waals surface area contributed by atoms with Crippen LogP contribution in [0.3, 0.4) is 0 Å². The predicted molar refractivity (Wildman–Crippen MR) is 118 cm³/mol. The van der Waals surface area contributed by atoms with Gasteiger partial charge in [0.25, 0.3) is 0 Å². The molecular formula is C21H42O5Si2.